The molecule has 6 heteroatoms. The lowest BCUT2D eigenvalue weighted by atomic mass is 10.1. The van der Waals surface area contributed by atoms with Crippen LogP contribution in [0.1, 0.15) is 16.8 Å². The number of fused-ring (bicyclic) bond motifs is 1. The number of hydrogen-bond acceptors (Lipinski definition) is 4. The smallest absolute Gasteiger partial charge is 0.243 e. The Morgan fingerprint density at radius 3 is 2.43 bits per heavy atom. The van der Waals surface area contributed by atoms with Gasteiger partial charge in [0, 0.05) is 12.2 Å². The lowest BCUT2D eigenvalue weighted by molar-refractivity contribution is 0.555. The SMILES string of the molecule is N#Cc1ncccc1S(=O)(=O)NC1Cc2ccccc2C1. The van der Waals surface area contributed by atoms with Crippen LogP contribution < -0.4 is 4.72 Å². The Morgan fingerprint density at radius 2 is 1.81 bits per heavy atom. The summed E-state index contributed by atoms with van der Waals surface area (Å²) >= 11 is 0. The van der Waals surface area contributed by atoms with Gasteiger partial charge < -0.3 is 0 Å². The van der Waals surface area contributed by atoms with Crippen LogP contribution in [0, 0.1) is 11.3 Å². The average molecular weight is 299 g/mol. The number of sulfonamides is 1. The highest BCUT2D eigenvalue weighted by molar-refractivity contribution is 7.89. The molecule has 0 amide bonds. The third-order valence-electron chi connectivity index (χ3n) is 3.54. The first-order chi connectivity index (χ1) is 10.1. The predicted molar refractivity (Wildman–Crippen MR) is 76.9 cm³/mol. The Kier molecular flexibility index (Phi) is 3.45. The molecule has 0 atom stereocenters. The second kappa shape index (κ2) is 5.28. The van der Waals surface area contributed by atoms with Crippen LogP contribution in [-0.2, 0) is 22.9 Å². The van der Waals surface area contributed by atoms with Crippen molar-refractivity contribution in [2.24, 2.45) is 0 Å². The largest absolute Gasteiger partial charge is 0.244 e. The third-order valence-corrected chi connectivity index (χ3v) is 5.09. The van der Waals surface area contributed by atoms with E-state index in [-0.39, 0.29) is 16.6 Å². The van der Waals surface area contributed by atoms with Crippen LogP contribution in [0.25, 0.3) is 0 Å². The molecule has 1 aliphatic rings. The van der Waals surface area contributed by atoms with Crippen LogP contribution in [0.15, 0.2) is 47.5 Å². The van der Waals surface area contributed by atoms with E-state index in [1.807, 2.05) is 30.3 Å². The van der Waals surface area contributed by atoms with Gasteiger partial charge in [-0.15, -0.1) is 0 Å². The highest BCUT2D eigenvalue weighted by atomic mass is 32.2. The summed E-state index contributed by atoms with van der Waals surface area (Å²) in [5.74, 6) is 0. The monoisotopic (exact) mass is 299 g/mol. The van der Waals surface area contributed by atoms with Gasteiger partial charge in [-0.05, 0) is 36.1 Å². The minimum Gasteiger partial charge on any atom is -0.244 e. The number of nitrogens with zero attached hydrogens (tertiary/aromatic N) is 2. The molecule has 0 bridgehead atoms. The number of aromatic nitrogens is 1. The average Bonchev–Trinajstić information content (AvgIpc) is 2.88. The molecular formula is C15H13N3O2S. The quantitative estimate of drug-likeness (QED) is 0.928. The molecule has 0 saturated carbocycles. The van der Waals surface area contributed by atoms with Gasteiger partial charge in [-0.2, -0.15) is 5.26 Å². The molecule has 21 heavy (non-hydrogen) atoms. The normalized spacial score (nSPS) is 14.6. The Balaban J connectivity index is 1.84. The van der Waals surface area contributed by atoms with Gasteiger partial charge in [0.15, 0.2) is 5.69 Å². The molecule has 0 fully saturated rings. The van der Waals surface area contributed by atoms with Crippen molar-refractivity contribution in [1.82, 2.24) is 9.71 Å². The maximum Gasteiger partial charge on any atom is 0.243 e. The van der Waals surface area contributed by atoms with E-state index in [0.717, 1.165) is 11.1 Å². The molecule has 1 aliphatic carbocycles. The van der Waals surface area contributed by atoms with Gasteiger partial charge in [0.25, 0.3) is 0 Å². The summed E-state index contributed by atoms with van der Waals surface area (Å²) < 4.78 is 27.5. The Hall–Kier alpha value is -2.23. The van der Waals surface area contributed by atoms with Gasteiger partial charge in [-0.1, -0.05) is 24.3 Å². The van der Waals surface area contributed by atoms with E-state index in [2.05, 4.69) is 9.71 Å². The fraction of sp³-hybridized carbons (Fsp3) is 0.200. The van der Waals surface area contributed by atoms with Crippen molar-refractivity contribution in [2.45, 2.75) is 23.8 Å². The topological polar surface area (TPSA) is 82.8 Å². The Morgan fingerprint density at radius 1 is 1.14 bits per heavy atom. The summed E-state index contributed by atoms with van der Waals surface area (Å²) in [5, 5.41) is 8.98. The molecule has 0 unspecified atom stereocenters. The predicted octanol–water partition coefficient (Wildman–Crippen LogP) is 1.40. The Bertz CT molecular complexity index is 800. The Labute approximate surface area is 123 Å². The van der Waals surface area contributed by atoms with Crippen molar-refractivity contribution in [3.63, 3.8) is 0 Å². The fourth-order valence-corrected chi connectivity index (χ4v) is 3.96. The molecule has 5 nitrogen and oxygen atoms in total. The van der Waals surface area contributed by atoms with Gasteiger partial charge >= 0.3 is 0 Å². The van der Waals surface area contributed by atoms with Gasteiger partial charge in [0.05, 0.1) is 0 Å². The van der Waals surface area contributed by atoms with Crippen molar-refractivity contribution in [2.75, 3.05) is 0 Å². The van der Waals surface area contributed by atoms with Crippen molar-refractivity contribution >= 4 is 10.0 Å². The second-order valence-electron chi connectivity index (χ2n) is 4.96. The van der Waals surface area contributed by atoms with Gasteiger partial charge in [-0.3, -0.25) is 0 Å². The first kappa shape index (κ1) is 13.7. The number of pyridine rings is 1. The van der Waals surface area contributed by atoms with E-state index >= 15 is 0 Å². The maximum atomic E-state index is 12.4. The van der Waals surface area contributed by atoms with Crippen LogP contribution >= 0.6 is 0 Å². The minimum atomic E-state index is -3.74. The van der Waals surface area contributed by atoms with E-state index in [1.54, 1.807) is 0 Å². The highest BCUT2D eigenvalue weighted by Gasteiger charge is 2.27. The van der Waals surface area contributed by atoms with Crippen molar-refractivity contribution < 1.29 is 8.42 Å². The molecule has 0 aliphatic heterocycles. The molecule has 1 aromatic heterocycles. The number of benzene rings is 1. The second-order valence-corrected chi connectivity index (χ2v) is 6.64. The van der Waals surface area contributed by atoms with Crippen LogP contribution in [0.3, 0.4) is 0 Å². The van der Waals surface area contributed by atoms with Crippen LogP contribution in [0.2, 0.25) is 0 Å². The third kappa shape index (κ3) is 2.66. The number of hydrogen-bond donors (Lipinski definition) is 1. The highest BCUT2D eigenvalue weighted by Crippen LogP contribution is 2.23. The number of nitriles is 1. The lowest BCUT2D eigenvalue weighted by Gasteiger charge is -2.13. The van der Waals surface area contributed by atoms with Gasteiger partial charge in [0.2, 0.25) is 10.0 Å². The van der Waals surface area contributed by atoms with Crippen LogP contribution in [0.4, 0.5) is 0 Å². The molecule has 0 radical (unpaired) electrons. The molecule has 1 heterocycles. The van der Waals surface area contributed by atoms with E-state index < -0.39 is 10.0 Å². The molecule has 2 aromatic rings. The lowest BCUT2D eigenvalue weighted by Crippen LogP contribution is -2.35. The zero-order valence-corrected chi connectivity index (χ0v) is 12.0. The standard InChI is InChI=1S/C15H13N3O2S/c16-10-14-15(6-3-7-17-14)21(19,20)18-13-8-11-4-1-2-5-12(11)9-13/h1-7,13,18H,8-9H2. The molecule has 0 saturated heterocycles. The minimum absolute atomic E-state index is 0.0662. The summed E-state index contributed by atoms with van der Waals surface area (Å²) in [4.78, 5) is 3.73. The van der Waals surface area contributed by atoms with E-state index in [0.29, 0.717) is 12.8 Å². The van der Waals surface area contributed by atoms with Crippen molar-refractivity contribution in [3.05, 3.63) is 59.4 Å². The first-order valence-electron chi connectivity index (χ1n) is 6.54. The molecule has 106 valence electrons. The fourth-order valence-electron chi connectivity index (χ4n) is 2.62. The zero-order valence-electron chi connectivity index (χ0n) is 11.2. The molecule has 1 aromatic carbocycles. The van der Waals surface area contributed by atoms with Crippen LogP contribution in [0.5, 0.6) is 0 Å². The van der Waals surface area contributed by atoms with Crippen LogP contribution in [-0.4, -0.2) is 19.4 Å². The van der Waals surface area contributed by atoms with Crippen molar-refractivity contribution in [3.8, 4) is 6.07 Å². The summed E-state index contributed by atoms with van der Waals surface area (Å²) in [6.45, 7) is 0. The number of rotatable bonds is 3. The molecule has 3 rings (SSSR count). The van der Waals surface area contributed by atoms with Gasteiger partial charge in [0.1, 0.15) is 11.0 Å². The first-order valence-corrected chi connectivity index (χ1v) is 8.03. The summed E-state index contributed by atoms with van der Waals surface area (Å²) in [6, 6.07) is 12.5. The van der Waals surface area contributed by atoms with E-state index in [4.69, 9.17) is 5.26 Å². The van der Waals surface area contributed by atoms with E-state index in [1.165, 1.54) is 18.3 Å². The maximum absolute atomic E-state index is 12.4. The van der Waals surface area contributed by atoms with E-state index in [9.17, 15) is 8.42 Å². The van der Waals surface area contributed by atoms with Crippen molar-refractivity contribution in [1.29, 1.82) is 5.26 Å². The summed E-state index contributed by atoms with van der Waals surface area (Å²) in [6.07, 6.45) is 2.73. The summed E-state index contributed by atoms with van der Waals surface area (Å²) in [5.41, 5.74) is 2.24. The molecule has 1 N–H and O–H groups in total. The molecular weight excluding hydrogens is 286 g/mol. The number of nitrogens with one attached hydrogen (secondary N) is 1. The zero-order chi connectivity index (χ0) is 14.9. The summed E-state index contributed by atoms with van der Waals surface area (Å²) in [7, 11) is -3.74. The van der Waals surface area contributed by atoms with Gasteiger partial charge in [-0.25, -0.2) is 18.1 Å². The molecule has 0 spiro atoms.